The molecular weight excluding hydrogens is 248 g/mol. The number of hydrogen-bond acceptors (Lipinski definition) is 2. The number of thiol groups is 1. The lowest BCUT2D eigenvalue weighted by Crippen LogP contribution is -2.10. The second-order valence-corrected chi connectivity index (χ2v) is 7.72. The average Bonchev–Trinajstić information content (AvgIpc) is 2.40. The van der Waals surface area contributed by atoms with Crippen LogP contribution in [0.25, 0.3) is 0 Å². The maximum absolute atomic E-state index is 12.8. The van der Waals surface area contributed by atoms with Gasteiger partial charge in [-0.05, 0) is 48.9 Å². The molecule has 0 aliphatic rings. The molecule has 0 aliphatic heterocycles. The fourth-order valence-electron chi connectivity index (χ4n) is 1.73. The molecule has 90 valence electrons. The van der Waals surface area contributed by atoms with Crippen LogP contribution in [-0.2, 0) is 9.93 Å². The van der Waals surface area contributed by atoms with Crippen molar-refractivity contribution in [2.45, 2.75) is 14.7 Å². The second-order valence-electron chi connectivity index (χ2n) is 3.96. The molecule has 0 unspecified atom stereocenters. The highest BCUT2D eigenvalue weighted by molar-refractivity contribution is 8.02. The van der Waals surface area contributed by atoms with Crippen LogP contribution >= 0.6 is 11.8 Å². The van der Waals surface area contributed by atoms with Gasteiger partial charge in [-0.1, -0.05) is 28.1 Å². The van der Waals surface area contributed by atoms with E-state index in [1.165, 1.54) is 4.90 Å². The Labute approximate surface area is 108 Å². The van der Waals surface area contributed by atoms with Gasteiger partial charge in [0.05, 0.1) is 0 Å². The first-order valence-corrected chi connectivity index (χ1v) is 8.80. The van der Waals surface area contributed by atoms with Gasteiger partial charge < -0.3 is 0 Å². The number of thioether (sulfide) groups is 1. The zero-order chi connectivity index (χ0) is 12.3. The quantitative estimate of drug-likeness (QED) is 0.675. The summed E-state index contributed by atoms with van der Waals surface area (Å²) < 4.78 is 12.8. The molecule has 2 aromatic carbocycles. The highest BCUT2D eigenvalue weighted by Gasteiger charge is 2.13. The van der Waals surface area contributed by atoms with Gasteiger partial charge in [0.1, 0.15) is 0 Å². The van der Waals surface area contributed by atoms with Crippen LogP contribution in [0.4, 0.5) is 0 Å². The minimum absolute atomic E-state index is 0.914. The summed E-state index contributed by atoms with van der Waals surface area (Å²) in [6.45, 7) is 0. The lowest BCUT2D eigenvalue weighted by molar-refractivity contribution is 0.674. The summed E-state index contributed by atoms with van der Waals surface area (Å²) in [5.74, 6) is 0. The second kappa shape index (κ2) is 5.07. The first-order chi connectivity index (χ1) is 8.14. The third-order valence-electron chi connectivity index (χ3n) is 2.81. The van der Waals surface area contributed by atoms with Crippen molar-refractivity contribution >= 4 is 21.7 Å². The van der Waals surface area contributed by atoms with Crippen LogP contribution in [0.2, 0.25) is 0 Å². The molecule has 0 radical (unpaired) electrons. The Morgan fingerprint density at radius 2 is 1.41 bits per heavy atom. The van der Waals surface area contributed by atoms with Crippen LogP contribution in [0.15, 0.2) is 69.3 Å². The SMILES string of the molecule is CSc1ccc([SH](C)(=O)c2ccccc2)cc1. The molecule has 17 heavy (non-hydrogen) atoms. The fraction of sp³-hybridized carbons (Fsp3) is 0.143. The molecule has 0 amide bonds. The van der Waals surface area contributed by atoms with E-state index in [0.717, 1.165) is 9.79 Å². The molecule has 0 aliphatic carbocycles. The summed E-state index contributed by atoms with van der Waals surface area (Å²) in [7, 11) is -2.44. The smallest absolute Gasteiger partial charge is 0.0186 e. The minimum atomic E-state index is -2.44. The van der Waals surface area contributed by atoms with Crippen LogP contribution in [-0.4, -0.2) is 16.7 Å². The van der Waals surface area contributed by atoms with Crippen LogP contribution < -0.4 is 0 Å². The molecule has 2 aromatic rings. The minimum Gasteiger partial charge on any atom is -0.276 e. The maximum Gasteiger partial charge on any atom is 0.0186 e. The van der Waals surface area contributed by atoms with Crippen LogP contribution in [0.5, 0.6) is 0 Å². The normalized spacial score (nSPS) is 12.4. The van der Waals surface area contributed by atoms with E-state index in [4.69, 9.17) is 0 Å². The Morgan fingerprint density at radius 1 is 0.882 bits per heavy atom. The molecular formula is C14H16OS2. The molecule has 0 heterocycles. The van der Waals surface area contributed by atoms with Crippen molar-refractivity contribution in [3.63, 3.8) is 0 Å². The molecule has 0 aromatic heterocycles. The summed E-state index contributed by atoms with van der Waals surface area (Å²) in [4.78, 5) is 3.03. The van der Waals surface area contributed by atoms with E-state index in [9.17, 15) is 4.21 Å². The maximum atomic E-state index is 12.8. The van der Waals surface area contributed by atoms with Crippen molar-refractivity contribution in [3.8, 4) is 0 Å². The Balaban J connectivity index is 2.41. The Morgan fingerprint density at radius 3 is 1.94 bits per heavy atom. The average molecular weight is 264 g/mol. The van der Waals surface area contributed by atoms with E-state index in [1.54, 1.807) is 11.8 Å². The summed E-state index contributed by atoms with van der Waals surface area (Å²) in [5, 5.41) is 0. The topological polar surface area (TPSA) is 17.1 Å². The van der Waals surface area contributed by atoms with E-state index in [1.807, 2.05) is 67.1 Å². The summed E-state index contributed by atoms with van der Waals surface area (Å²) >= 11 is 1.69. The highest BCUT2D eigenvalue weighted by atomic mass is 32.2. The van der Waals surface area contributed by atoms with Crippen LogP contribution in [0.1, 0.15) is 0 Å². The van der Waals surface area contributed by atoms with Crippen LogP contribution in [0.3, 0.4) is 0 Å². The molecule has 0 fully saturated rings. The van der Waals surface area contributed by atoms with Gasteiger partial charge in [0, 0.05) is 14.7 Å². The van der Waals surface area contributed by atoms with Gasteiger partial charge in [0.15, 0.2) is 0 Å². The van der Waals surface area contributed by atoms with E-state index in [2.05, 4.69) is 0 Å². The largest absolute Gasteiger partial charge is 0.276 e. The lowest BCUT2D eigenvalue weighted by Gasteiger charge is -2.19. The Bertz CT molecular complexity index is 532. The Kier molecular flexibility index (Phi) is 3.69. The van der Waals surface area contributed by atoms with Crippen molar-refractivity contribution in [1.82, 2.24) is 0 Å². The number of hydrogen-bond donors (Lipinski definition) is 1. The molecule has 2 rings (SSSR count). The van der Waals surface area contributed by atoms with E-state index in [-0.39, 0.29) is 0 Å². The summed E-state index contributed by atoms with van der Waals surface area (Å²) in [6, 6.07) is 17.7. The predicted octanol–water partition coefficient (Wildman–Crippen LogP) is 3.47. The van der Waals surface area contributed by atoms with Gasteiger partial charge in [-0.25, -0.2) is 0 Å². The third-order valence-corrected chi connectivity index (χ3v) is 6.12. The molecule has 0 atom stereocenters. The molecule has 0 bridgehead atoms. The molecule has 0 saturated heterocycles. The van der Waals surface area contributed by atoms with Gasteiger partial charge in [-0.2, -0.15) is 0 Å². The standard InChI is InChI=1S/C14H16OS2/c1-16-12-8-10-14(11-9-12)17(2,15)13-6-4-3-5-7-13/h3-11,17H,1-2H3. The van der Waals surface area contributed by atoms with Crippen molar-refractivity contribution in [2.24, 2.45) is 0 Å². The van der Waals surface area contributed by atoms with Gasteiger partial charge in [0.2, 0.25) is 0 Å². The van der Waals surface area contributed by atoms with Crippen molar-refractivity contribution in [3.05, 3.63) is 54.6 Å². The predicted molar refractivity (Wildman–Crippen MR) is 76.7 cm³/mol. The number of benzene rings is 2. The first kappa shape index (κ1) is 12.4. The monoisotopic (exact) mass is 264 g/mol. The Hall–Kier alpha value is -1.06. The molecule has 1 nitrogen and oxygen atoms in total. The zero-order valence-electron chi connectivity index (χ0n) is 9.96. The lowest BCUT2D eigenvalue weighted by atomic mass is 10.4. The van der Waals surface area contributed by atoms with E-state index < -0.39 is 9.93 Å². The van der Waals surface area contributed by atoms with Crippen LogP contribution in [0, 0.1) is 0 Å². The first-order valence-electron chi connectivity index (χ1n) is 5.42. The highest BCUT2D eigenvalue weighted by Crippen LogP contribution is 2.27. The van der Waals surface area contributed by atoms with Gasteiger partial charge in [-0.3, -0.25) is 4.21 Å². The van der Waals surface area contributed by atoms with E-state index >= 15 is 0 Å². The summed E-state index contributed by atoms with van der Waals surface area (Å²) in [6.07, 6.45) is 3.87. The van der Waals surface area contributed by atoms with Crippen molar-refractivity contribution in [2.75, 3.05) is 12.5 Å². The van der Waals surface area contributed by atoms with Crippen molar-refractivity contribution in [1.29, 1.82) is 0 Å². The summed E-state index contributed by atoms with van der Waals surface area (Å²) in [5.41, 5.74) is 0. The third kappa shape index (κ3) is 2.61. The molecule has 3 heteroatoms. The molecule has 0 spiro atoms. The van der Waals surface area contributed by atoms with Crippen molar-refractivity contribution < 1.29 is 4.21 Å². The van der Waals surface area contributed by atoms with Gasteiger partial charge in [-0.15, -0.1) is 11.8 Å². The van der Waals surface area contributed by atoms with Gasteiger partial charge in [0.25, 0.3) is 0 Å². The van der Waals surface area contributed by atoms with Gasteiger partial charge >= 0.3 is 0 Å². The fourth-order valence-corrected chi connectivity index (χ4v) is 3.89. The van der Waals surface area contributed by atoms with E-state index in [0.29, 0.717) is 0 Å². The number of rotatable bonds is 3. The molecule has 0 saturated carbocycles. The zero-order valence-corrected chi connectivity index (χ0v) is 11.7. The molecule has 0 N–H and O–H groups in total.